The molecule has 0 saturated carbocycles. The van der Waals surface area contributed by atoms with Crippen molar-refractivity contribution < 1.29 is 9.15 Å². The molecule has 0 aliphatic carbocycles. The maximum absolute atomic E-state index is 5.71. The number of nitrogens with zero attached hydrogens (tertiary/aromatic N) is 2. The van der Waals surface area contributed by atoms with Gasteiger partial charge in [0.05, 0.1) is 25.6 Å². The first-order valence-electron chi connectivity index (χ1n) is 9.33. The molecule has 0 unspecified atom stereocenters. The molecule has 2 aromatic carbocycles. The Morgan fingerprint density at radius 1 is 0.893 bits per heavy atom. The van der Waals surface area contributed by atoms with E-state index in [9.17, 15) is 0 Å². The summed E-state index contributed by atoms with van der Waals surface area (Å²) in [5.41, 5.74) is 4.58. The summed E-state index contributed by atoms with van der Waals surface area (Å²) < 4.78 is 12.9. The van der Waals surface area contributed by atoms with Crippen LogP contribution >= 0.6 is 0 Å². The third kappa shape index (κ3) is 5.11. The van der Waals surface area contributed by atoms with E-state index < -0.39 is 0 Å². The molecule has 0 bridgehead atoms. The lowest BCUT2D eigenvalue weighted by molar-refractivity contribution is 0.0930. The van der Waals surface area contributed by atoms with Gasteiger partial charge in [0.25, 0.3) is 0 Å². The van der Waals surface area contributed by atoms with E-state index in [0.717, 1.165) is 35.7 Å². The summed E-state index contributed by atoms with van der Waals surface area (Å²) in [4.78, 5) is 0. The Hall–Kier alpha value is -3.31. The fraction of sp³-hybridized carbons (Fsp3) is 0.174. The first-order chi connectivity index (χ1) is 13.8. The summed E-state index contributed by atoms with van der Waals surface area (Å²) in [5, 5.41) is 7.91. The highest BCUT2D eigenvalue weighted by molar-refractivity contribution is 5.46. The van der Waals surface area contributed by atoms with Gasteiger partial charge < -0.3 is 14.5 Å². The Morgan fingerprint density at radius 2 is 1.79 bits per heavy atom. The second-order valence-corrected chi connectivity index (χ2v) is 6.66. The van der Waals surface area contributed by atoms with Gasteiger partial charge in [0.15, 0.2) is 0 Å². The minimum Gasteiger partial charge on any atom is -0.467 e. The highest BCUT2D eigenvalue weighted by Gasteiger charge is 2.02. The van der Waals surface area contributed by atoms with Crippen LogP contribution in [0.1, 0.15) is 22.5 Å². The van der Waals surface area contributed by atoms with Gasteiger partial charge in [-0.15, -0.1) is 0 Å². The SMILES string of the molecule is c1ccc(Cn2cc(CNc3cccc(COCc4ccco4)c3)cn2)cc1. The molecule has 0 amide bonds. The maximum Gasteiger partial charge on any atom is 0.129 e. The van der Waals surface area contributed by atoms with Crippen LogP contribution in [-0.2, 0) is 31.0 Å². The zero-order valence-corrected chi connectivity index (χ0v) is 15.6. The second kappa shape index (κ2) is 9.06. The predicted molar refractivity (Wildman–Crippen MR) is 109 cm³/mol. The molecule has 142 valence electrons. The maximum atomic E-state index is 5.71. The summed E-state index contributed by atoms with van der Waals surface area (Å²) in [6.07, 6.45) is 5.65. The number of ether oxygens (including phenoxy) is 1. The minimum atomic E-state index is 0.477. The highest BCUT2D eigenvalue weighted by atomic mass is 16.5. The third-order valence-corrected chi connectivity index (χ3v) is 4.39. The van der Waals surface area contributed by atoms with E-state index in [0.29, 0.717) is 13.2 Å². The first kappa shape index (κ1) is 18.1. The van der Waals surface area contributed by atoms with Gasteiger partial charge in [-0.1, -0.05) is 42.5 Å². The van der Waals surface area contributed by atoms with Crippen molar-refractivity contribution in [1.82, 2.24) is 9.78 Å². The summed E-state index contributed by atoms with van der Waals surface area (Å²) in [6.45, 7) is 2.53. The van der Waals surface area contributed by atoms with Crippen molar-refractivity contribution in [3.8, 4) is 0 Å². The Morgan fingerprint density at radius 3 is 2.64 bits per heavy atom. The number of hydrogen-bond donors (Lipinski definition) is 1. The van der Waals surface area contributed by atoms with Gasteiger partial charge in [0.1, 0.15) is 12.4 Å². The van der Waals surface area contributed by atoms with E-state index in [-0.39, 0.29) is 0 Å². The van der Waals surface area contributed by atoms with Gasteiger partial charge in [-0.05, 0) is 35.4 Å². The largest absolute Gasteiger partial charge is 0.467 e. The van der Waals surface area contributed by atoms with Crippen LogP contribution in [0.3, 0.4) is 0 Å². The van der Waals surface area contributed by atoms with Crippen LogP contribution in [0.2, 0.25) is 0 Å². The quantitative estimate of drug-likeness (QED) is 0.455. The molecule has 1 N–H and O–H groups in total. The third-order valence-electron chi connectivity index (χ3n) is 4.39. The van der Waals surface area contributed by atoms with Crippen molar-refractivity contribution in [3.63, 3.8) is 0 Å². The molecule has 0 atom stereocenters. The van der Waals surface area contributed by atoms with Crippen LogP contribution in [0.4, 0.5) is 5.69 Å². The normalized spacial score (nSPS) is 10.9. The Labute approximate surface area is 164 Å². The molecule has 0 spiro atoms. The zero-order chi connectivity index (χ0) is 19.0. The van der Waals surface area contributed by atoms with Gasteiger partial charge in [0, 0.05) is 24.0 Å². The first-order valence-corrected chi connectivity index (χ1v) is 9.33. The van der Waals surface area contributed by atoms with Crippen LogP contribution in [0.5, 0.6) is 0 Å². The van der Waals surface area contributed by atoms with Crippen molar-refractivity contribution in [2.75, 3.05) is 5.32 Å². The van der Waals surface area contributed by atoms with Gasteiger partial charge in [-0.2, -0.15) is 5.10 Å². The van der Waals surface area contributed by atoms with Crippen molar-refractivity contribution in [2.45, 2.75) is 26.3 Å². The molecule has 2 heterocycles. The molecule has 0 saturated heterocycles. The van der Waals surface area contributed by atoms with E-state index in [2.05, 4.69) is 46.9 Å². The summed E-state index contributed by atoms with van der Waals surface area (Å²) >= 11 is 0. The fourth-order valence-electron chi connectivity index (χ4n) is 2.99. The monoisotopic (exact) mass is 373 g/mol. The van der Waals surface area contributed by atoms with E-state index in [4.69, 9.17) is 9.15 Å². The van der Waals surface area contributed by atoms with Gasteiger partial charge >= 0.3 is 0 Å². The van der Waals surface area contributed by atoms with E-state index in [1.54, 1.807) is 6.26 Å². The molecular weight excluding hydrogens is 350 g/mol. The summed E-state index contributed by atoms with van der Waals surface area (Å²) in [7, 11) is 0. The Kier molecular flexibility index (Phi) is 5.85. The average molecular weight is 373 g/mol. The van der Waals surface area contributed by atoms with Crippen LogP contribution in [0.25, 0.3) is 0 Å². The van der Waals surface area contributed by atoms with E-state index in [1.807, 2.05) is 47.3 Å². The molecule has 0 aliphatic heterocycles. The van der Waals surface area contributed by atoms with Crippen molar-refractivity contribution in [2.24, 2.45) is 0 Å². The van der Waals surface area contributed by atoms with E-state index >= 15 is 0 Å². The van der Waals surface area contributed by atoms with Crippen molar-refractivity contribution in [1.29, 1.82) is 0 Å². The fourth-order valence-corrected chi connectivity index (χ4v) is 2.99. The molecule has 5 nitrogen and oxygen atoms in total. The molecule has 28 heavy (non-hydrogen) atoms. The Balaban J connectivity index is 1.27. The topological polar surface area (TPSA) is 52.2 Å². The predicted octanol–water partition coefficient (Wildman–Crippen LogP) is 4.85. The molecule has 5 heteroatoms. The standard InChI is InChI=1S/C23H23N3O2/c1-2-6-19(7-3-1)15-26-16-21(14-25-26)13-24-22-9-4-8-20(12-22)17-27-18-23-10-5-11-28-23/h1-12,14,16,24H,13,15,17-18H2. The molecule has 0 radical (unpaired) electrons. The van der Waals surface area contributed by atoms with Crippen LogP contribution < -0.4 is 5.32 Å². The second-order valence-electron chi connectivity index (χ2n) is 6.66. The molecule has 0 aliphatic rings. The minimum absolute atomic E-state index is 0.477. The highest BCUT2D eigenvalue weighted by Crippen LogP contribution is 2.14. The van der Waals surface area contributed by atoms with Crippen LogP contribution in [0.15, 0.2) is 89.8 Å². The number of nitrogens with one attached hydrogen (secondary N) is 1. The smallest absolute Gasteiger partial charge is 0.129 e. The zero-order valence-electron chi connectivity index (χ0n) is 15.6. The van der Waals surface area contributed by atoms with Crippen molar-refractivity contribution >= 4 is 5.69 Å². The molecule has 4 aromatic rings. The lowest BCUT2D eigenvalue weighted by Gasteiger charge is -2.08. The summed E-state index contributed by atoms with van der Waals surface area (Å²) in [5.74, 6) is 0.835. The molecule has 2 aromatic heterocycles. The molecule has 4 rings (SSSR count). The number of hydrogen-bond acceptors (Lipinski definition) is 4. The van der Waals surface area contributed by atoms with Crippen molar-refractivity contribution in [3.05, 3.63) is 108 Å². The molecular formula is C23H23N3O2. The summed E-state index contributed by atoms with van der Waals surface area (Å²) in [6, 6.07) is 22.4. The van der Waals surface area contributed by atoms with Crippen LogP contribution in [-0.4, -0.2) is 9.78 Å². The molecule has 0 fully saturated rings. The lowest BCUT2D eigenvalue weighted by Crippen LogP contribution is -2.01. The van der Waals surface area contributed by atoms with Crippen LogP contribution in [0, 0.1) is 0 Å². The number of benzene rings is 2. The average Bonchev–Trinajstić information content (AvgIpc) is 3.40. The van der Waals surface area contributed by atoms with E-state index in [1.165, 1.54) is 5.56 Å². The Bertz CT molecular complexity index is 978. The number of furan rings is 1. The lowest BCUT2D eigenvalue weighted by atomic mass is 10.2. The van der Waals surface area contributed by atoms with Gasteiger partial charge in [-0.25, -0.2) is 0 Å². The van der Waals surface area contributed by atoms with Gasteiger partial charge in [0.2, 0.25) is 0 Å². The number of rotatable bonds is 9. The number of aromatic nitrogens is 2. The number of anilines is 1. The van der Waals surface area contributed by atoms with Gasteiger partial charge in [-0.3, -0.25) is 4.68 Å².